The number of alkyl halides is 5. The van der Waals surface area contributed by atoms with Gasteiger partial charge >= 0.3 is 12.1 Å². The number of aryl methyl sites for hydroxylation is 1. The Morgan fingerprint density at radius 2 is 1.75 bits per heavy atom. The molecule has 1 saturated carbocycles. The van der Waals surface area contributed by atoms with Crippen molar-refractivity contribution in [3.63, 3.8) is 0 Å². The Balaban J connectivity index is 1.41. The third-order valence-corrected chi connectivity index (χ3v) is 9.71. The topological polar surface area (TPSA) is 134 Å². The van der Waals surface area contributed by atoms with E-state index in [0.717, 1.165) is 27.2 Å². The number of nitrogens with zero attached hydrogens (tertiary/aromatic N) is 7. The van der Waals surface area contributed by atoms with Crippen LogP contribution in [0.5, 0.6) is 0 Å². The average molecular weight is 747 g/mol. The molecule has 11 nitrogen and oxygen atoms in total. The van der Waals surface area contributed by atoms with Crippen molar-refractivity contribution < 1.29 is 36.3 Å². The van der Waals surface area contributed by atoms with Gasteiger partial charge in [0.2, 0.25) is 0 Å². The summed E-state index contributed by atoms with van der Waals surface area (Å²) >= 11 is 6.43. The summed E-state index contributed by atoms with van der Waals surface area (Å²) in [5.74, 6) is -2.67. The van der Waals surface area contributed by atoms with E-state index in [1.54, 1.807) is 30.1 Å². The first-order valence-corrected chi connectivity index (χ1v) is 16.7. The number of aliphatic imine (C=N–C) groups is 1. The first-order valence-electron chi connectivity index (χ1n) is 16.3. The van der Waals surface area contributed by atoms with E-state index in [-0.39, 0.29) is 41.5 Å². The zero-order chi connectivity index (χ0) is 37.8. The molecule has 2 aliphatic rings. The summed E-state index contributed by atoms with van der Waals surface area (Å²) in [6, 6.07) is 12.0. The van der Waals surface area contributed by atoms with Gasteiger partial charge in [0.15, 0.2) is 17.3 Å². The second kappa shape index (κ2) is 13.3. The Morgan fingerprint density at radius 3 is 2.33 bits per heavy atom. The molecule has 0 unspecified atom stereocenters. The molecule has 52 heavy (non-hydrogen) atoms. The predicted octanol–water partition coefficient (Wildman–Crippen LogP) is 7.06. The number of guanidine groups is 1. The van der Waals surface area contributed by atoms with Gasteiger partial charge in [0.25, 0.3) is 12.3 Å². The number of hydrogen-bond donors (Lipinski definition) is 1. The highest BCUT2D eigenvalue weighted by Crippen LogP contribution is 2.60. The molecule has 1 fully saturated rings. The fourth-order valence-electron chi connectivity index (χ4n) is 6.66. The van der Waals surface area contributed by atoms with Crippen molar-refractivity contribution in [1.82, 2.24) is 29.4 Å². The van der Waals surface area contributed by atoms with E-state index in [9.17, 15) is 31.5 Å². The lowest BCUT2D eigenvalue weighted by molar-refractivity contribution is -0.195. The molecule has 2 atom stereocenters. The Hall–Kier alpha value is -4.86. The first kappa shape index (κ1) is 36.9. The zero-order valence-electron chi connectivity index (χ0n) is 28.7. The zero-order valence-corrected chi connectivity index (χ0v) is 29.4. The molecule has 4 aromatic rings. The molecule has 276 valence electrons. The van der Waals surface area contributed by atoms with E-state index >= 15 is 0 Å². The minimum Gasteiger partial charge on any atom is -0.463 e. The predicted molar refractivity (Wildman–Crippen MR) is 180 cm³/mol. The van der Waals surface area contributed by atoms with Crippen molar-refractivity contribution in [2.75, 3.05) is 6.61 Å². The number of benzene rings is 2. The van der Waals surface area contributed by atoms with Crippen molar-refractivity contribution in [3.05, 3.63) is 83.0 Å². The van der Waals surface area contributed by atoms with E-state index in [0.29, 0.717) is 5.56 Å². The molecular weight excluding hydrogens is 711 g/mol. The van der Waals surface area contributed by atoms with Crippen LogP contribution in [0.4, 0.5) is 22.0 Å². The number of hydrogen-bond acceptors (Lipinski definition) is 8. The van der Waals surface area contributed by atoms with Gasteiger partial charge in [-0.25, -0.2) is 23.4 Å². The molecule has 1 aliphatic heterocycles. The van der Waals surface area contributed by atoms with Gasteiger partial charge in [-0.15, -0.1) is 0 Å². The Morgan fingerprint density at radius 1 is 1.06 bits per heavy atom. The van der Waals surface area contributed by atoms with Crippen LogP contribution in [0, 0.1) is 10.8 Å². The molecular formula is C35H36ClF5N8O3. The molecule has 0 bridgehead atoms. The van der Waals surface area contributed by atoms with Gasteiger partial charge in [0.05, 0.1) is 34.3 Å². The number of carbonyl (C=O) groups is 2. The summed E-state index contributed by atoms with van der Waals surface area (Å²) in [4.78, 5) is 37.4. The second-order valence-corrected chi connectivity index (χ2v) is 14.8. The number of nitrogens with two attached hydrogens (primary N) is 1. The molecule has 2 N–H and O–H groups in total. The summed E-state index contributed by atoms with van der Waals surface area (Å²) < 4.78 is 76.8. The first-order chi connectivity index (χ1) is 24.4. The van der Waals surface area contributed by atoms with Gasteiger partial charge in [0, 0.05) is 13.2 Å². The number of carbonyl (C=O) groups excluding carboxylic acids is 2. The molecule has 0 spiro atoms. The SMILES string of the molecule is Cn1nccc1-c1ccc([C@@]2(CC(C)(C)C)N=C(N)N([C@H](COC(=O)CC3(C(F)(F)F)CC3)c3ccc(Cl)c(-n4ncnc4C(F)F)c3)C2=O)cc1. The fraction of sp³-hybridized carbons (Fsp3) is 0.429. The van der Waals surface area contributed by atoms with Crippen LogP contribution in [-0.4, -0.2) is 60.1 Å². The highest BCUT2D eigenvalue weighted by molar-refractivity contribution is 6.32. The summed E-state index contributed by atoms with van der Waals surface area (Å²) in [6.07, 6.45) is -6.17. The summed E-state index contributed by atoms with van der Waals surface area (Å²) in [7, 11) is 1.80. The highest BCUT2D eigenvalue weighted by atomic mass is 35.5. The maximum absolute atomic E-state index is 14.9. The van der Waals surface area contributed by atoms with Crippen LogP contribution in [0.15, 0.2) is 66.0 Å². The lowest BCUT2D eigenvalue weighted by Gasteiger charge is -2.35. The number of amides is 1. The quantitative estimate of drug-likeness (QED) is 0.128. The number of aromatic nitrogens is 5. The van der Waals surface area contributed by atoms with Gasteiger partial charge in [-0.1, -0.05) is 62.7 Å². The van der Waals surface area contributed by atoms with E-state index < -0.39 is 65.7 Å². The smallest absolute Gasteiger partial charge is 0.395 e. The number of rotatable bonds is 11. The van der Waals surface area contributed by atoms with Crippen molar-refractivity contribution in [1.29, 1.82) is 0 Å². The minimum atomic E-state index is -4.60. The van der Waals surface area contributed by atoms with Crippen molar-refractivity contribution in [2.45, 2.75) is 70.6 Å². The van der Waals surface area contributed by atoms with Crippen molar-refractivity contribution in [3.8, 4) is 16.9 Å². The highest BCUT2D eigenvalue weighted by Gasteiger charge is 2.64. The van der Waals surface area contributed by atoms with Crippen LogP contribution in [0.25, 0.3) is 16.9 Å². The average Bonchev–Trinajstić information content (AvgIpc) is 3.37. The van der Waals surface area contributed by atoms with Gasteiger partial charge in [-0.05, 0) is 59.6 Å². The van der Waals surface area contributed by atoms with Crippen molar-refractivity contribution in [2.24, 2.45) is 28.6 Å². The van der Waals surface area contributed by atoms with E-state index in [2.05, 4.69) is 15.2 Å². The molecule has 3 heterocycles. The molecule has 17 heteroatoms. The maximum Gasteiger partial charge on any atom is 0.395 e. The summed E-state index contributed by atoms with van der Waals surface area (Å²) in [6.45, 7) is 5.15. The van der Waals surface area contributed by atoms with Crippen LogP contribution >= 0.6 is 11.6 Å². The standard InChI is InChI=1S/C35H36ClF5N8O3/c1-32(2,3)18-34(22-8-5-20(6-9-22)24-11-14-44-47(24)4)30(51)48(31(42)46-34)26(17-52-27(50)16-33(12-13-33)35(39,40)41)21-7-10-23(36)25(15-21)49-29(28(37)38)43-19-45-49/h5-11,14-15,19,26,28H,12-13,16-18H2,1-4H3,(H2,42,46)/t26-,34-/m1/s1. The Kier molecular flexibility index (Phi) is 9.43. The third-order valence-electron chi connectivity index (χ3n) is 9.39. The molecule has 0 saturated heterocycles. The number of ether oxygens (including phenoxy) is 1. The third kappa shape index (κ3) is 6.87. The normalized spacial score (nSPS) is 19.2. The molecule has 0 radical (unpaired) electrons. The molecule has 2 aromatic heterocycles. The van der Waals surface area contributed by atoms with Crippen LogP contribution in [0.2, 0.25) is 5.02 Å². The molecule has 1 amide bonds. The van der Waals surface area contributed by atoms with Crippen LogP contribution in [0.3, 0.4) is 0 Å². The molecule has 6 rings (SSSR count). The summed E-state index contributed by atoms with van der Waals surface area (Å²) in [5, 5.41) is 8.10. The van der Waals surface area contributed by atoms with E-state index in [1.165, 1.54) is 18.2 Å². The lowest BCUT2D eigenvalue weighted by Crippen LogP contribution is -2.47. The second-order valence-electron chi connectivity index (χ2n) is 14.4. The minimum absolute atomic E-state index is 0.00211. The van der Waals surface area contributed by atoms with Gasteiger partial charge in [-0.3, -0.25) is 19.2 Å². The Bertz CT molecular complexity index is 2020. The van der Waals surface area contributed by atoms with Gasteiger partial charge in [0.1, 0.15) is 12.9 Å². The monoisotopic (exact) mass is 746 g/mol. The maximum atomic E-state index is 14.9. The van der Waals surface area contributed by atoms with Crippen LogP contribution in [0.1, 0.15) is 75.9 Å². The van der Waals surface area contributed by atoms with Crippen LogP contribution in [-0.2, 0) is 26.9 Å². The summed E-state index contributed by atoms with van der Waals surface area (Å²) in [5.41, 5.74) is 4.70. The molecule has 1 aliphatic carbocycles. The largest absolute Gasteiger partial charge is 0.463 e. The van der Waals surface area contributed by atoms with E-state index in [4.69, 9.17) is 27.1 Å². The van der Waals surface area contributed by atoms with E-state index in [1.807, 2.05) is 39.0 Å². The Labute approximate surface area is 300 Å². The molecule has 2 aromatic carbocycles. The van der Waals surface area contributed by atoms with Gasteiger partial charge in [-0.2, -0.15) is 23.4 Å². The van der Waals surface area contributed by atoms with Crippen LogP contribution < -0.4 is 5.73 Å². The number of halogens is 6. The van der Waals surface area contributed by atoms with Crippen molar-refractivity contribution >= 4 is 29.4 Å². The van der Waals surface area contributed by atoms with Gasteiger partial charge < -0.3 is 10.5 Å². The number of esters is 1. The fourth-order valence-corrected chi connectivity index (χ4v) is 6.86. The lowest BCUT2D eigenvalue weighted by atomic mass is 9.75.